The number of oxime groups is 1. The predicted molar refractivity (Wildman–Crippen MR) is 63.1 cm³/mol. The van der Waals surface area contributed by atoms with Crippen LogP contribution in [0.2, 0.25) is 0 Å². The van der Waals surface area contributed by atoms with Crippen molar-refractivity contribution >= 4 is 11.9 Å². The number of hydrogen-bond donors (Lipinski definition) is 3. The average Bonchev–Trinajstić information content (AvgIpc) is 2.34. The topological polar surface area (TPSA) is 99.1 Å². The van der Waals surface area contributed by atoms with Crippen LogP contribution in [-0.2, 0) is 6.54 Å². The van der Waals surface area contributed by atoms with Gasteiger partial charge in [-0.2, -0.15) is 0 Å². The number of benzene rings is 1. The zero-order valence-corrected chi connectivity index (χ0v) is 9.50. The third-order valence-corrected chi connectivity index (χ3v) is 2.36. The van der Waals surface area contributed by atoms with E-state index >= 15 is 0 Å². The van der Waals surface area contributed by atoms with Gasteiger partial charge in [-0.25, -0.2) is 4.79 Å². The second-order valence-corrected chi connectivity index (χ2v) is 3.48. The van der Waals surface area contributed by atoms with Crippen molar-refractivity contribution in [2.75, 3.05) is 6.54 Å². The van der Waals surface area contributed by atoms with Crippen LogP contribution in [0.5, 0.6) is 0 Å². The minimum Gasteiger partial charge on any atom is -0.465 e. The molecule has 4 N–H and O–H groups in total. The molecule has 6 nitrogen and oxygen atoms in total. The van der Waals surface area contributed by atoms with Crippen molar-refractivity contribution in [3.05, 3.63) is 35.4 Å². The molecule has 1 rings (SSSR count). The first-order chi connectivity index (χ1) is 8.08. The van der Waals surface area contributed by atoms with Gasteiger partial charge in [-0.3, -0.25) is 0 Å². The number of rotatable bonds is 4. The summed E-state index contributed by atoms with van der Waals surface area (Å²) in [5.41, 5.74) is 6.81. The van der Waals surface area contributed by atoms with Crippen molar-refractivity contribution < 1.29 is 15.1 Å². The molecule has 1 amide bonds. The third kappa shape index (κ3) is 3.37. The van der Waals surface area contributed by atoms with E-state index in [0.717, 1.165) is 5.56 Å². The van der Waals surface area contributed by atoms with Gasteiger partial charge in [0.25, 0.3) is 0 Å². The molecule has 0 atom stereocenters. The molecule has 1 aromatic rings. The Bertz CT molecular complexity index is 432. The lowest BCUT2D eigenvalue weighted by Crippen LogP contribution is -2.28. The van der Waals surface area contributed by atoms with Crippen molar-refractivity contribution in [2.24, 2.45) is 10.9 Å². The average molecular weight is 237 g/mol. The zero-order valence-electron chi connectivity index (χ0n) is 9.50. The molecule has 92 valence electrons. The lowest BCUT2D eigenvalue weighted by atomic mass is 10.1. The Morgan fingerprint density at radius 1 is 1.53 bits per heavy atom. The van der Waals surface area contributed by atoms with E-state index in [9.17, 15) is 4.79 Å². The van der Waals surface area contributed by atoms with E-state index in [1.807, 2.05) is 0 Å². The van der Waals surface area contributed by atoms with E-state index in [-0.39, 0.29) is 12.4 Å². The molecule has 0 aliphatic carbocycles. The first-order valence-corrected chi connectivity index (χ1v) is 5.13. The first kappa shape index (κ1) is 12.8. The Kier molecular flexibility index (Phi) is 4.33. The highest BCUT2D eigenvalue weighted by Crippen LogP contribution is 2.08. The highest BCUT2D eigenvalue weighted by molar-refractivity contribution is 5.97. The Morgan fingerprint density at radius 2 is 2.24 bits per heavy atom. The standard InChI is InChI=1S/C11H15N3O3/c1-2-14(11(15)16)7-8-4-3-5-9(6-8)10(12)13-17/h3-6,17H,2,7H2,1H3,(H2,12,13)(H,15,16). The number of carboxylic acid groups (broad SMARTS) is 1. The van der Waals surface area contributed by atoms with E-state index in [4.69, 9.17) is 16.0 Å². The molecule has 0 aliphatic heterocycles. The van der Waals surface area contributed by atoms with Gasteiger partial charge in [-0.05, 0) is 18.6 Å². The summed E-state index contributed by atoms with van der Waals surface area (Å²) in [4.78, 5) is 12.1. The van der Waals surface area contributed by atoms with Crippen molar-refractivity contribution in [1.82, 2.24) is 4.90 Å². The zero-order chi connectivity index (χ0) is 12.8. The molecule has 17 heavy (non-hydrogen) atoms. The van der Waals surface area contributed by atoms with Crippen LogP contribution in [0.4, 0.5) is 4.79 Å². The van der Waals surface area contributed by atoms with Crippen LogP contribution in [0.25, 0.3) is 0 Å². The van der Waals surface area contributed by atoms with Gasteiger partial charge in [0, 0.05) is 18.7 Å². The van der Waals surface area contributed by atoms with Gasteiger partial charge in [-0.15, -0.1) is 0 Å². The fourth-order valence-corrected chi connectivity index (χ4v) is 1.42. The first-order valence-electron chi connectivity index (χ1n) is 5.13. The predicted octanol–water partition coefficient (Wildman–Crippen LogP) is 1.28. The molecule has 0 aromatic heterocycles. The second kappa shape index (κ2) is 5.74. The molecular weight excluding hydrogens is 222 g/mol. The third-order valence-electron chi connectivity index (χ3n) is 2.36. The molecule has 0 heterocycles. The molecular formula is C11H15N3O3. The number of amidine groups is 1. The minimum atomic E-state index is -0.971. The highest BCUT2D eigenvalue weighted by atomic mass is 16.4. The fraction of sp³-hybridized carbons (Fsp3) is 0.273. The van der Waals surface area contributed by atoms with Gasteiger partial charge in [-0.1, -0.05) is 23.4 Å². The number of carbonyl (C=O) groups is 1. The lowest BCUT2D eigenvalue weighted by molar-refractivity contribution is 0.145. The number of nitrogens with zero attached hydrogens (tertiary/aromatic N) is 2. The molecule has 1 aromatic carbocycles. The fourth-order valence-electron chi connectivity index (χ4n) is 1.42. The van der Waals surface area contributed by atoms with Gasteiger partial charge in [0.1, 0.15) is 0 Å². The van der Waals surface area contributed by atoms with Gasteiger partial charge >= 0.3 is 6.09 Å². The maximum absolute atomic E-state index is 10.8. The minimum absolute atomic E-state index is 0.00484. The maximum Gasteiger partial charge on any atom is 0.407 e. The van der Waals surface area contributed by atoms with Crippen molar-refractivity contribution in [3.8, 4) is 0 Å². The molecule has 0 radical (unpaired) electrons. The molecule has 0 unspecified atom stereocenters. The number of nitrogens with two attached hydrogens (primary N) is 1. The van der Waals surface area contributed by atoms with Crippen LogP contribution >= 0.6 is 0 Å². The Balaban J connectivity index is 2.89. The van der Waals surface area contributed by atoms with Crippen LogP contribution < -0.4 is 5.73 Å². The quantitative estimate of drug-likeness (QED) is 0.318. The van der Waals surface area contributed by atoms with Gasteiger partial charge in [0.15, 0.2) is 5.84 Å². The van der Waals surface area contributed by atoms with Crippen LogP contribution in [-0.4, -0.2) is 33.7 Å². The Labute approximate surface area is 99.0 Å². The lowest BCUT2D eigenvalue weighted by Gasteiger charge is -2.17. The summed E-state index contributed by atoms with van der Waals surface area (Å²) in [6, 6.07) is 6.91. The van der Waals surface area contributed by atoms with Crippen LogP contribution in [0.3, 0.4) is 0 Å². The van der Waals surface area contributed by atoms with E-state index < -0.39 is 6.09 Å². The van der Waals surface area contributed by atoms with Gasteiger partial charge in [0.2, 0.25) is 0 Å². The smallest absolute Gasteiger partial charge is 0.407 e. The summed E-state index contributed by atoms with van der Waals surface area (Å²) in [6.07, 6.45) is -0.971. The SMILES string of the molecule is CCN(Cc1cccc(C(N)=NO)c1)C(=O)O. The van der Waals surface area contributed by atoms with E-state index in [2.05, 4.69) is 5.16 Å². The molecule has 0 saturated carbocycles. The second-order valence-electron chi connectivity index (χ2n) is 3.48. The molecule has 0 saturated heterocycles. The summed E-state index contributed by atoms with van der Waals surface area (Å²) in [5, 5.41) is 20.3. The number of hydrogen-bond acceptors (Lipinski definition) is 3. The number of amides is 1. The summed E-state index contributed by atoms with van der Waals surface area (Å²) >= 11 is 0. The van der Waals surface area contributed by atoms with E-state index in [1.54, 1.807) is 31.2 Å². The Morgan fingerprint density at radius 3 is 2.76 bits per heavy atom. The van der Waals surface area contributed by atoms with Gasteiger partial charge in [0.05, 0.1) is 0 Å². The molecule has 0 aliphatic rings. The summed E-state index contributed by atoms with van der Waals surface area (Å²) in [6.45, 7) is 2.45. The normalized spacial score (nSPS) is 11.2. The molecule has 0 bridgehead atoms. The molecule has 0 spiro atoms. The highest BCUT2D eigenvalue weighted by Gasteiger charge is 2.10. The maximum atomic E-state index is 10.8. The van der Waals surface area contributed by atoms with Crippen LogP contribution in [0.15, 0.2) is 29.4 Å². The van der Waals surface area contributed by atoms with Crippen LogP contribution in [0, 0.1) is 0 Å². The largest absolute Gasteiger partial charge is 0.465 e. The molecule has 0 fully saturated rings. The van der Waals surface area contributed by atoms with Gasteiger partial charge < -0.3 is 20.9 Å². The monoisotopic (exact) mass is 237 g/mol. The van der Waals surface area contributed by atoms with Crippen molar-refractivity contribution in [2.45, 2.75) is 13.5 Å². The van der Waals surface area contributed by atoms with Crippen LogP contribution in [0.1, 0.15) is 18.1 Å². The summed E-state index contributed by atoms with van der Waals surface area (Å²) in [5.74, 6) is 0.00484. The van der Waals surface area contributed by atoms with Crippen molar-refractivity contribution in [3.63, 3.8) is 0 Å². The Hall–Kier alpha value is -2.24. The summed E-state index contributed by atoms with van der Waals surface area (Å²) < 4.78 is 0. The molecule has 6 heteroatoms. The van der Waals surface area contributed by atoms with Crippen molar-refractivity contribution in [1.29, 1.82) is 0 Å². The summed E-state index contributed by atoms with van der Waals surface area (Å²) in [7, 11) is 0. The van der Waals surface area contributed by atoms with E-state index in [0.29, 0.717) is 12.1 Å². The van der Waals surface area contributed by atoms with E-state index in [1.165, 1.54) is 4.90 Å².